The van der Waals surface area contributed by atoms with E-state index in [1.165, 1.54) is 35.4 Å². The quantitative estimate of drug-likeness (QED) is 0.0696. The maximum absolute atomic E-state index is 13.8. The van der Waals surface area contributed by atoms with Gasteiger partial charge >= 0.3 is 21.7 Å². The average molecular weight is 839 g/mol. The second kappa shape index (κ2) is 25.9. The number of halogens is 4. The van der Waals surface area contributed by atoms with Crippen molar-refractivity contribution in [2.24, 2.45) is 0 Å². The summed E-state index contributed by atoms with van der Waals surface area (Å²) in [6.07, 6.45) is 5.74. The van der Waals surface area contributed by atoms with Crippen molar-refractivity contribution in [1.82, 2.24) is 0 Å². The van der Waals surface area contributed by atoms with E-state index in [1.807, 2.05) is 60.7 Å². The minimum atomic E-state index is -0.661. The fourth-order valence-corrected chi connectivity index (χ4v) is 6.72. The molecule has 2 aliphatic heterocycles. The normalized spacial score (nSPS) is 15.4. The Balaban J connectivity index is 0.000000207. The van der Waals surface area contributed by atoms with Crippen LogP contribution in [0.2, 0.25) is 0 Å². The van der Waals surface area contributed by atoms with E-state index in [1.54, 1.807) is 0 Å². The molecule has 0 N–H and O–H groups in total. The topological polar surface area (TPSA) is 24.9 Å². The summed E-state index contributed by atoms with van der Waals surface area (Å²) in [5.41, 5.74) is 5.58. The molecule has 0 aromatic heterocycles. The van der Waals surface area contributed by atoms with Crippen molar-refractivity contribution in [3.8, 4) is 0 Å². The van der Waals surface area contributed by atoms with Crippen LogP contribution in [0.3, 0.4) is 0 Å². The Bertz CT molecular complexity index is 1800. The van der Waals surface area contributed by atoms with Crippen molar-refractivity contribution in [2.75, 3.05) is 49.2 Å². The van der Waals surface area contributed by atoms with Crippen molar-refractivity contribution in [3.05, 3.63) is 191 Å². The smallest absolute Gasteiger partial charge is 0.376 e. The number of anilines is 2. The minimum absolute atomic E-state index is 0. The Morgan fingerprint density at radius 3 is 1.22 bits per heavy atom. The van der Waals surface area contributed by atoms with Crippen molar-refractivity contribution < 1.29 is 48.8 Å². The zero-order chi connectivity index (χ0) is 41.0. The van der Waals surface area contributed by atoms with Gasteiger partial charge in [-0.15, -0.1) is 35.4 Å². The van der Waals surface area contributed by atoms with Gasteiger partial charge in [0.1, 0.15) is 0 Å². The molecule has 0 spiro atoms. The molecule has 0 radical (unpaired) electrons. The zero-order valence-corrected chi connectivity index (χ0v) is 35.6. The van der Waals surface area contributed by atoms with Gasteiger partial charge in [-0.3, -0.25) is 0 Å². The second-order valence-corrected chi connectivity index (χ2v) is 14.5. The maximum Gasteiger partial charge on any atom is 4.00 e. The third-order valence-corrected chi connectivity index (χ3v) is 9.99. The van der Waals surface area contributed by atoms with Gasteiger partial charge < -0.3 is 19.3 Å². The van der Waals surface area contributed by atoms with Crippen LogP contribution >= 0.6 is 0 Å². The second-order valence-electron chi connectivity index (χ2n) is 14.5. The Kier molecular flexibility index (Phi) is 20.7. The van der Waals surface area contributed by atoms with Crippen molar-refractivity contribution >= 4 is 11.4 Å². The maximum atomic E-state index is 13.8. The van der Waals surface area contributed by atoms with Gasteiger partial charge in [-0.05, 0) is 63.8 Å². The molecule has 0 saturated carbocycles. The minimum Gasteiger partial charge on any atom is -0.376 e. The molecule has 2 heterocycles. The predicted molar refractivity (Wildman–Crippen MR) is 227 cm³/mol. The van der Waals surface area contributed by atoms with Gasteiger partial charge in [-0.2, -0.15) is 48.5 Å². The molecule has 308 valence electrons. The van der Waals surface area contributed by atoms with Crippen molar-refractivity contribution in [1.29, 1.82) is 0 Å². The molecule has 6 aromatic carbocycles. The molecule has 2 saturated heterocycles. The van der Waals surface area contributed by atoms with E-state index < -0.39 is 23.3 Å². The Morgan fingerprint density at radius 2 is 0.932 bits per heavy atom. The van der Waals surface area contributed by atoms with Crippen LogP contribution in [0.25, 0.3) is 0 Å². The first kappa shape index (κ1) is 47.2. The average Bonchev–Trinajstić information content (AvgIpc) is 4.08. The summed E-state index contributed by atoms with van der Waals surface area (Å²) in [5.74, 6) is -2.52. The van der Waals surface area contributed by atoms with E-state index in [4.69, 9.17) is 9.47 Å². The third-order valence-electron chi connectivity index (χ3n) is 9.99. The van der Waals surface area contributed by atoms with Gasteiger partial charge in [-0.1, -0.05) is 48.2 Å². The summed E-state index contributed by atoms with van der Waals surface area (Å²) >= 11 is 0. The van der Waals surface area contributed by atoms with Crippen LogP contribution in [0.4, 0.5) is 28.9 Å². The summed E-state index contributed by atoms with van der Waals surface area (Å²) in [7, 11) is 0. The SMILES string of the molecule is Cc1ccc(N(CCc2ccc(F)[c-]c2F)CC2CCCO2)cc1.Cc1ccc(N(CCc2ccc(F)[c-]c2F)CC2CCCO2)cc1.[Ti+4].c1cc[cH-]c1.c1cc[cH-]c1. The monoisotopic (exact) mass is 838 g/mol. The molecule has 4 nitrogen and oxygen atoms in total. The number of hydrogen-bond acceptors (Lipinski definition) is 4. The van der Waals surface area contributed by atoms with Gasteiger partial charge in [0.25, 0.3) is 0 Å². The third kappa shape index (κ3) is 17.0. The van der Waals surface area contributed by atoms with E-state index in [-0.39, 0.29) is 33.9 Å². The van der Waals surface area contributed by atoms with E-state index in [9.17, 15) is 17.6 Å². The van der Waals surface area contributed by atoms with E-state index in [0.717, 1.165) is 63.4 Å². The Labute approximate surface area is 363 Å². The molecule has 9 heteroatoms. The van der Waals surface area contributed by atoms with Crippen LogP contribution in [0, 0.1) is 49.2 Å². The molecule has 2 aliphatic rings. The number of hydrogen-bond donors (Lipinski definition) is 0. The molecular weight excluding hydrogens is 784 g/mol. The summed E-state index contributed by atoms with van der Waals surface area (Å²) < 4.78 is 65.1. The summed E-state index contributed by atoms with van der Waals surface area (Å²) in [4.78, 5) is 4.44. The standard InChI is InChI=1S/2C20H22F2NO.2C5H5.Ti/c2*1-15-4-8-18(9-5-15)23(14-19-3-2-12-24-19)11-10-16-6-7-17(21)13-20(16)22;2*1-2-4-5-3-1;/h2*4-9,19H,2-3,10-12,14H2,1H3;2*1-5H;/q4*-1;+4. The van der Waals surface area contributed by atoms with Crippen LogP contribution in [0.5, 0.6) is 0 Å². The van der Waals surface area contributed by atoms with Crippen LogP contribution in [0.1, 0.15) is 47.9 Å². The number of ether oxygens (including phenoxy) is 2. The molecule has 0 bridgehead atoms. The first-order valence-electron chi connectivity index (χ1n) is 20.2. The largest absolute Gasteiger partial charge is 4.00 e. The van der Waals surface area contributed by atoms with Crippen molar-refractivity contribution in [2.45, 2.75) is 64.6 Å². The number of benzene rings is 4. The Morgan fingerprint density at radius 1 is 0.559 bits per heavy atom. The first-order chi connectivity index (χ1) is 28.2. The molecule has 8 rings (SSSR count). The molecule has 0 amide bonds. The molecule has 2 unspecified atom stereocenters. The predicted octanol–water partition coefficient (Wildman–Crippen LogP) is 11.4. The first-order valence-corrected chi connectivity index (χ1v) is 20.2. The summed E-state index contributed by atoms with van der Waals surface area (Å²) in [6.45, 7) is 8.61. The zero-order valence-electron chi connectivity index (χ0n) is 34.1. The Hall–Kier alpha value is -4.47. The molecule has 2 fully saturated rings. The van der Waals surface area contributed by atoms with Crippen LogP contribution in [-0.4, -0.2) is 51.6 Å². The molecule has 6 aromatic rings. The van der Waals surface area contributed by atoms with Crippen LogP contribution in [-0.2, 0) is 44.0 Å². The fraction of sp³-hybridized carbons (Fsp3) is 0.320. The van der Waals surface area contributed by atoms with E-state index in [0.29, 0.717) is 37.1 Å². The van der Waals surface area contributed by atoms with Crippen molar-refractivity contribution in [3.63, 3.8) is 0 Å². The number of aryl methyl sites for hydroxylation is 2. The van der Waals surface area contributed by atoms with Crippen LogP contribution in [0.15, 0.2) is 133 Å². The molecular formula is C50H54F4N2O2Ti. The van der Waals surface area contributed by atoms with Gasteiger partial charge in [0.05, 0.1) is 12.2 Å². The van der Waals surface area contributed by atoms with Gasteiger partial charge in [0.2, 0.25) is 0 Å². The summed E-state index contributed by atoms with van der Waals surface area (Å²) in [6, 6.07) is 46.3. The van der Waals surface area contributed by atoms with Crippen LogP contribution < -0.4 is 9.80 Å². The van der Waals surface area contributed by atoms with E-state index in [2.05, 4.69) is 84.3 Å². The number of nitrogens with zero attached hydrogens (tertiary/aromatic N) is 2. The summed E-state index contributed by atoms with van der Waals surface area (Å²) in [5, 5.41) is 0. The van der Waals surface area contributed by atoms with Gasteiger partial charge in [0, 0.05) is 74.0 Å². The van der Waals surface area contributed by atoms with Gasteiger partial charge in [0.15, 0.2) is 0 Å². The fourth-order valence-electron chi connectivity index (χ4n) is 6.72. The molecule has 0 aliphatic carbocycles. The number of rotatable bonds is 12. The van der Waals surface area contributed by atoms with Gasteiger partial charge in [-0.25, -0.2) is 41.8 Å². The molecule has 59 heavy (non-hydrogen) atoms. The molecule has 2 atom stereocenters. The van der Waals surface area contributed by atoms with E-state index >= 15 is 0 Å².